The lowest BCUT2D eigenvalue weighted by Gasteiger charge is -2.22. The molecule has 3 aromatic heterocycles. The van der Waals surface area contributed by atoms with Crippen molar-refractivity contribution in [2.24, 2.45) is 0 Å². The lowest BCUT2D eigenvalue weighted by molar-refractivity contribution is -0.128. The molecule has 9 nitrogen and oxygen atoms in total. The standard InChI is InChI=1S/C28H33N7O2/c1-17-9-8-10-24(30-17)18(2)31-27-23-15-21(11-12-25(23)32-19(3)33-27)35(6)22-13-20(14-26(36)34(4)5)28(37-7)29-16-22/h8-13,15-16,18H,14H2,1-7H3,(H,31,32,33)/t18-/m1/s1. The largest absolute Gasteiger partial charge is 0.481 e. The number of nitrogens with zero attached hydrogens (tertiary/aromatic N) is 6. The van der Waals surface area contributed by atoms with Crippen LogP contribution in [0.15, 0.2) is 48.7 Å². The van der Waals surface area contributed by atoms with E-state index >= 15 is 0 Å². The molecule has 1 atom stereocenters. The van der Waals surface area contributed by atoms with Crippen LogP contribution in [0.2, 0.25) is 0 Å². The number of anilines is 3. The zero-order valence-corrected chi connectivity index (χ0v) is 22.4. The van der Waals surface area contributed by atoms with Gasteiger partial charge in [-0.05, 0) is 57.2 Å². The minimum absolute atomic E-state index is 0.0222. The molecule has 1 N–H and O–H groups in total. The van der Waals surface area contributed by atoms with Crippen LogP contribution in [0.4, 0.5) is 17.2 Å². The van der Waals surface area contributed by atoms with Crippen LogP contribution in [-0.4, -0.2) is 59.0 Å². The van der Waals surface area contributed by atoms with E-state index in [0.717, 1.165) is 45.0 Å². The molecule has 3 heterocycles. The minimum atomic E-state index is -0.0404. The van der Waals surface area contributed by atoms with E-state index in [1.807, 2.05) is 62.2 Å². The number of hydrogen-bond acceptors (Lipinski definition) is 8. The van der Waals surface area contributed by atoms with E-state index in [1.165, 1.54) is 0 Å². The van der Waals surface area contributed by atoms with Gasteiger partial charge in [0, 0.05) is 43.5 Å². The van der Waals surface area contributed by atoms with Crippen molar-refractivity contribution >= 4 is 34.0 Å². The van der Waals surface area contributed by atoms with Crippen LogP contribution in [0.25, 0.3) is 10.9 Å². The van der Waals surface area contributed by atoms with E-state index in [-0.39, 0.29) is 18.4 Å². The molecule has 0 spiro atoms. The number of ether oxygens (including phenoxy) is 1. The number of rotatable bonds is 8. The summed E-state index contributed by atoms with van der Waals surface area (Å²) in [5.41, 5.74) is 5.26. The van der Waals surface area contributed by atoms with Gasteiger partial charge < -0.3 is 19.9 Å². The van der Waals surface area contributed by atoms with Crippen molar-refractivity contribution in [3.63, 3.8) is 0 Å². The predicted molar refractivity (Wildman–Crippen MR) is 147 cm³/mol. The Bertz CT molecular complexity index is 1440. The maximum absolute atomic E-state index is 12.4. The van der Waals surface area contributed by atoms with Gasteiger partial charge in [-0.15, -0.1) is 0 Å². The third kappa shape index (κ3) is 5.77. The van der Waals surface area contributed by atoms with E-state index in [2.05, 4.69) is 33.3 Å². The number of fused-ring (bicyclic) bond motifs is 1. The molecule has 0 unspecified atom stereocenters. The molecule has 192 valence electrons. The number of aromatic nitrogens is 4. The Hall–Kier alpha value is -4.27. The van der Waals surface area contributed by atoms with Gasteiger partial charge in [0.15, 0.2) is 0 Å². The first-order valence-corrected chi connectivity index (χ1v) is 12.1. The molecule has 9 heteroatoms. The average molecular weight is 500 g/mol. The fourth-order valence-corrected chi connectivity index (χ4v) is 4.08. The van der Waals surface area contributed by atoms with Crippen LogP contribution in [-0.2, 0) is 11.2 Å². The Morgan fingerprint density at radius 1 is 1.03 bits per heavy atom. The van der Waals surface area contributed by atoms with Crippen LogP contribution in [0.1, 0.15) is 35.7 Å². The Labute approximate surface area is 217 Å². The van der Waals surface area contributed by atoms with Gasteiger partial charge >= 0.3 is 0 Å². The molecule has 0 saturated carbocycles. The van der Waals surface area contributed by atoms with Crippen LogP contribution in [0.3, 0.4) is 0 Å². The third-order valence-corrected chi connectivity index (χ3v) is 6.22. The molecular formula is C28H33N7O2. The second kappa shape index (κ2) is 10.8. The molecule has 0 aliphatic heterocycles. The van der Waals surface area contributed by atoms with E-state index in [0.29, 0.717) is 11.7 Å². The van der Waals surface area contributed by atoms with Gasteiger partial charge in [0.2, 0.25) is 11.8 Å². The number of benzene rings is 1. The summed E-state index contributed by atoms with van der Waals surface area (Å²) in [6.07, 6.45) is 1.94. The molecule has 4 aromatic rings. The molecule has 0 bridgehead atoms. The van der Waals surface area contributed by atoms with Crippen molar-refractivity contribution in [3.05, 3.63) is 71.4 Å². The zero-order valence-electron chi connectivity index (χ0n) is 22.4. The second-order valence-corrected chi connectivity index (χ2v) is 9.28. The molecule has 0 aliphatic rings. The van der Waals surface area contributed by atoms with Gasteiger partial charge in [0.05, 0.1) is 42.7 Å². The van der Waals surface area contributed by atoms with Crippen LogP contribution < -0.4 is 15.0 Å². The topological polar surface area (TPSA) is 96.4 Å². The SMILES string of the molecule is COc1ncc(N(C)c2ccc3nc(C)nc(N[C@H](C)c4cccc(C)n4)c3c2)cc1CC(=O)N(C)C. The van der Waals surface area contributed by atoms with E-state index in [1.54, 1.807) is 32.3 Å². The van der Waals surface area contributed by atoms with Crippen LogP contribution >= 0.6 is 0 Å². The summed E-state index contributed by atoms with van der Waals surface area (Å²) in [6.45, 7) is 5.94. The van der Waals surface area contributed by atoms with E-state index in [9.17, 15) is 4.79 Å². The fraction of sp³-hybridized carbons (Fsp3) is 0.321. The molecule has 37 heavy (non-hydrogen) atoms. The number of likely N-dealkylation sites (N-methyl/N-ethyl adjacent to an activating group) is 1. The number of amides is 1. The smallest absolute Gasteiger partial charge is 0.226 e. The van der Waals surface area contributed by atoms with Crippen LogP contribution in [0.5, 0.6) is 5.88 Å². The van der Waals surface area contributed by atoms with Crippen LogP contribution in [0, 0.1) is 13.8 Å². The van der Waals surface area contributed by atoms with E-state index in [4.69, 9.17) is 9.72 Å². The zero-order chi connectivity index (χ0) is 26.7. The molecule has 1 amide bonds. The Morgan fingerprint density at radius 3 is 2.51 bits per heavy atom. The normalized spacial score (nSPS) is 11.8. The highest BCUT2D eigenvalue weighted by atomic mass is 16.5. The van der Waals surface area contributed by atoms with E-state index < -0.39 is 0 Å². The van der Waals surface area contributed by atoms with Crippen molar-refractivity contribution in [2.75, 3.05) is 38.5 Å². The quantitative estimate of drug-likeness (QED) is 0.375. The highest BCUT2D eigenvalue weighted by molar-refractivity contribution is 5.92. The predicted octanol–water partition coefficient (Wildman–Crippen LogP) is 4.62. The highest BCUT2D eigenvalue weighted by Crippen LogP contribution is 2.32. The number of carbonyl (C=O) groups excluding carboxylic acids is 1. The highest BCUT2D eigenvalue weighted by Gasteiger charge is 2.17. The molecular weight excluding hydrogens is 466 g/mol. The first-order valence-electron chi connectivity index (χ1n) is 12.1. The third-order valence-electron chi connectivity index (χ3n) is 6.22. The van der Waals surface area contributed by atoms with Crippen molar-refractivity contribution < 1.29 is 9.53 Å². The Balaban J connectivity index is 1.69. The summed E-state index contributed by atoms with van der Waals surface area (Å²) in [6, 6.07) is 14.0. The van der Waals surface area contributed by atoms with Gasteiger partial charge in [0.1, 0.15) is 11.6 Å². The minimum Gasteiger partial charge on any atom is -0.481 e. The second-order valence-electron chi connectivity index (χ2n) is 9.28. The van der Waals surface area contributed by atoms with Gasteiger partial charge in [-0.2, -0.15) is 0 Å². The maximum atomic E-state index is 12.4. The summed E-state index contributed by atoms with van der Waals surface area (Å²) < 4.78 is 5.40. The van der Waals surface area contributed by atoms with Gasteiger partial charge in [-0.3, -0.25) is 9.78 Å². The van der Waals surface area contributed by atoms with Crippen molar-refractivity contribution in [1.29, 1.82) is 0 Å². The first kappa shape index (κ1) is 25.8. The van der Waals surface area contributed by atoms with Gasteiger partial charge in [-0.25, -0.2) is 15.0 Å². The van der Waals surface area contributed by atoms with Gasteiger partial charge in [0.25, 0.3) is 0 Å². The molecule has 0 aliphatic carbocycles. The number of methoxy groups -OCH3 is 1. The summed E-state index contributed by atoms with van der Waals surface area (Å²) in [4.78, 5) is 34.4. The monoisotopic (exact) mass is 499 g/mol. The summed E-state index contributed by atoms with van der Waals surface area (Å²) >= 11 is 0. The number of pyridine rings is 2. The van der Waals surface area contributed by atoms with Crippen molar-refractivity contribution in [3.8, 4) is 5.88 Å². The molecule has 0 fully saturated rings. The number of aryl methyl sites for hydroxylation is 2. The molecule has 1 aromatic carbocycles. The molecule has 0 saturated heterocycles. The maximum Gasteiger partial charge on any atom is 0.226 e. The lowest BCUT2D eigenvalue weighted by Crippen LogP contribution is -2.24. The summed E-state index contributed by atoms with van der Waals surface area (Å²) in [5.74, 6) is 1.86. The first-order chi connectivity index (χ1) is 17.7. The summed E-state index contributed by atoms with van der Waals surface area (Å²) in [5, 5.41) is 4.43. The molecule has 0 radical (unpaired) electrons. The number of carbonyl (C=O) groups is 1. The summed E-state index contributed by atoms with van der Waals surface area (Å²) in [7, 11) is 6.99. The number of hydrogen-bond donors (Lipinski definition) is 1. The fourth-order valence-electron chi connectivity index (χ4n) is 4.08. The van der Waals surface area contributed by atoms with Crippen molar-refractivity contribution in [1.82, 2.24) is 24.8 Å². The Kier molecular flexibility index (Phi) is 7.52. The average Bonchev–Trinajstić information content (AvgIpc) is 2.87. The Morgan fingerprint density at radius 2 is 1.81 bits per heavy atom. The molecule has 4 rings (SSSR count). The lowest BCUT2D eigenvalue weighted by atomic mass is 10.1. The van der Waals surface area contributed by atoms with Crippen molar-refractivity contribution in [2.45, 2.75) is 33.2 Å². The van der Waals surface area contributed by atoms with Gasteiger partial charge in [-0.1, -0.05) is 6.07 Å². The number of nitrogens with one attached hydrogen (secondary N) is 1.